The first kappa shape index (κ1) is 19.5. The smallest absolute Gasteiger partial charge is 0.242 e. The third-order valence-corrected chi connectivity index (χ3v) is 4.26. The van der Waals surface area contributed by atoms with Gasteiger partial charge in [-0.05, 0) is 52.9 Å². The van der Waals surface area contributed by atoms with Crippen LogP contribution < -0.4 is 5.32 Å². The Morgan fingerprint density at radius 3 is 2.57 bits per heavy atom. The first-order valence-electron chi connectivity index (χ1n) is 9.07. The second-order valence-corrected chi connectivity index (χ2v) is 6.02. The number of nitrogens with zero attached hydrogens (tertiary/aromatic N) is 3. The van der Waals surface area contributed by atoms with Gasteiger partial charge in [-0.25, -0.2) is 0 Å². The molecule has 1 aliphatic rings. The minimum absolute atomic E-state index is 0.151. The van der Waals surface area contributed by atoms with Crippen molar-refractivity contribution in [2.45, 2.75) is 52.9 Å². The number of likely N-dealkylation sites (N-methyl/N-ethyl adjacent to an activating group) is 2. The summed E-state index contributed by atoms with van der Waals surface area (Å²) in [6.07, 6.45) is 8.49. The monoisotopic (exact) mass is 322 g/mol. The maximum Gasteiger partial charge on any atom is 0.242 e. The molecule has 0 spiro atoms. The Balaban J connectivity index is 2.55. The molecule has 23 heavy (non-hydrogen) atoms. The van der Waals surface area contributed by atoms with Gasteiger partial charge in [0.25, 0.3) is 0 Å². The Bertz CT molecular complexity index is 413. The highest BCUT2D eigenvalue weighted by atomic mass is 16.2. The number of hydrogen-bond donors (Lipinski definition) is 1. The van der Waals surface area contributed by atoms with Gasteiger partial charge in [0.2, 0.25) is 5.91 Å². The molecule has 0 radical (unpaired) electrons. The molecule has 1 N–H and O–H groups in total. The second-order valence-electron chi connectivity index (χ2n) is 6.02. The number of amides is 1. The SMILES string of the molecule is CCNC(=NCCC1=CCCCC1)N(C)CC(=O)N(CC)CC. The molecule has 5 nitrogen and oxygen atoms in total. The number of guanidine groups is 1. The summed E-state index contributed by atoms with van der Waals surface area (Å²) >= 11 is 0. The minimum atomic E-state index is 0.151. The molecule has 1 rings (SSSR count). The Morgan fingerprint density at radius 1 is 1.26 bits per heavy atom. The summed E-state index contributed by atoms with van der Waals surface area (Å²) in [5.74, 6) is 0.975. The van der Waals surface area contributed by atoms with E-state index in [9.17, 15) is 4.79 Å². The fourth-order valence-electron chi connectivity index (χ4n) is 2.86. The van der Waals surface area contributed by atoms with Crippen LogP contribution in [0.25, 0.3) is 0 Å². The summed E-state index contributed by atoms with van der Waals surface area (Å²) in [6, 6.07) is 0. The maximum atomic E-state index is 12.2. The summed E-state index contributed by atoms with van der Waals surface area (Å²) < 4.78 is 0. The molecule has 0 saturated heterocycles. The van der Waals surface area contributed by atoms with Crippen LogP contribution in [-0.4, -0.2) is 61.4 Å². The predicted octanol–water partition coefficient (Wildman–Crippen LogP) is 2.64. The number of allylic oxidation sites excluding steroid dienone is 1. The summed E-state index contributed by atoms with van der Waals surface area (Å²) in [7, 11) is 1.93. The van der Waals surface area contributed by atoms with Crippen LogP contribution in [0.4, 0.5) is 0 Å². The van der Waals surface area contributed by atoms with Crippen LogP contribution in [-0.2, 0) is 4.79 Å². The fraction of sp³-hybridized carbons (Fsp3) is 0.778. The normalized spacial score (nSPS) is 15.1. The number of aliphatic imine (C=N–C) groups is 1. The molecule has 0 aromatic rings. The van der Waals surface area contributed by atoms with Crippen molar-refractivity contribution >= 4 is 11.9 Å². The van der Waals surface area contributed by atoms with E-state index < -0.39 is 0 Å². The van der Waals surface area contributed by atoms with Gasteiger partial charge in [-0.15, -0.1) is 0 Å². The molecule has 0 unspecified atom stereocenters. The Morgan fingerprint density at radius 2 is 2.00 bits per heavy atom. The molecule has 0 heterocycles. The Kier molecular flexibility index (Phi) is 9.41. The van der Waals surface area contributed by atoms with E-state index in [0.717, 1.165) is 38.6 Å². The maximum absolute atomic E-state index is 12.2. The molecule has 5 heteroatoms. The number of carbonyl (C=O) groups is 1. The fourth-order valence-corrected chi connectivity index (χ4v) is 2.86. The topological polar surface area (TPSA) is 47.9 Å². The van der Waals surface area contributed by atoms with Crippen LogP contribution in [0, 0.1) is 0 Å². The van der Waals surface area contributed by atoms with Crippen LogP contribution in [0.1, 0.15) is 52.9 Å². The van der Waals surface area contributed by atoms with Gasteiger partial charge < -0.3 is 15.1 Å². The minimum Gasteiger partial charge on any atom is -0.357 e. The largest absolute Gasteiger partial charge is 0.357 e. The molecule has 1 aliphatic carbocycles. The average molecular weight is 322 g/mol. The molecular weight excluding hydrogens is 288 g/mol. The van der Waals surface area contributed by atoms with E-state index in [1.54, 1.807) is 0 Å². The lowest BCUT2D eigenvalue weighted by Crippen LogP contribution is -2.45. The highest BCUT2D eigenvalue weighted by molar-refractivity contribution is 5.86. The first-order chi connectivity index (χ1) is 11.1. The van der Waals surface area contributed by atoms with Crippen LogP contribution in [0.2, 0.25) is 0 Å². The van der Waals surface area contributed by atoms with E-state index in [2.05, 4.69) is 18.3 Å². The third kappa shape index (κ3) is 7.06. The number of rotatable bonds is 8. The van der Waals surface area contributed by atoms with Gasteiger partial charge in [0.1, 0.15) is 0 Å². The average Bonchev–Trinajstić information content (AvgIpc) is 2.56. The lowest BCUT2D eigenvalue weighted by atomic mass is 9.97. The molecule has 0 aliphatic heterocycles. The van der Waals surface area contributed by atoms with Gasteiger partial charge in [-0.1, -0.05) is 11.6 Å². The van der Waals surface area contributed by atoms with E-state index in [1.165, 1.54) is 31.3 Å². The number of nitrogens with one attached hydrogen (secondary N) is 1. The molecule has 0 fully saturated rings. The highest BCUT2D eigenvalue weighted by Gasteiger charge is 2.15. The number of carbonyl (C=O) groups excluding carboxylic acids is 1. The molecule has 0 saturated carbocycles. The van der Waals surface area contributed by atoms with Gasteiger partial charge in [0, 0.05) is 33.2 Å². The molecular formula is C18H34N4O. The van der Waals surface area contributed by atoms with Crippen molar-refractivity contribution in [1.82, 2.24) is 15.1 Å². The van der Waals surface area contributed by atoms with Crippen LogP contribution in [0.5, 0.6) is 0 Å². The molecule has 0 bridgehead atoms. The number of hydrogen-bond acceptors (Lipinski definition) is 2. The van der Waals surface area contributed by atoms with Gasteiger partial charge in [-0.2, -0.15) is 0 Å². The lowest BCUT2D eigenvalue weighted by Gasteiger charge is -2.25. The van der Waals surface area contributed by atoms with E-state index in [0.29, 0.717) is 6.54 Å². The van der Waals surface area contributed by atoms with Crippen molar-refractivity contribution in [1.29, 1.82) is 0 Å². The van der Waals surface area contributed by atoms with Crippen LogP contribution in [0.15, 0.2) is 16.6 Å². The zero-order valence-corrected chi connectivity index (χ0v) is 15.4. The first-order valence-corrected chi connectivity index (χ1v) is 9.07. The standard InChI is InChI=1S/C18H34N4O/c1-5-19-18(20-14-13-16-11-9-8-10-12-16)21(4)15-17(23)22(6-2)7-3/h11H,5-10,12-15H2,1-4H3,(H,19,20). The van der Waals surface area contributed by atoms with Crippen molar-refractivity contribution in [3.63, 3.8) is 0 Å². The lowest BCUT2D eigenvalue weighted by molar-refractivity contribution is -0.131. The van der Waals surface area contributed by atoms with Crippen molar-refractivity contribution in [2.24, 2.45) is 4.99 Å². The van der Waals surface area contributed by atoms with E-state index >= 15 is 0 Å². The second kappa shape index (κ2) is 11.1. The molecule has 0 atom stereocenters. The van der Waals surface area contributed by atoms with Crippen molar-refractivity contribution in [2.75, 3.05) is 39.8 Å². The van der Waals surface area contributed by atoms with Gasteiger partial charge in [-0.3, -0.25) is 9.79 Å². The van der Waals surface area contributed by atoms with Crippen LogP contribution >= 0.6 is 0 Å². The molecule has 0 aromatic heterocycles. The highest BCUT2D eigenvalue weighted by Crippen LogP contribution is 2.19. The molecule has 132 valence electrons. The van der Waals surface area contributed by atoms with Gasteiger partial charge >= 0.3 is 0 Å². The van der Waals surface area contributed by atoms with Gasteiger partial charge in [0.05, 0.1) is 6.54 Å². The predicted molar refractivity (Wildman–Crippen MR) is 97.7 cm³/mol. The quantitative estimate of drug-likeness (QED) is 0.424. The summed E-state index contributed by atoms with van der Waals surface area (Å²) in [6.45, 7) is 9.56. The molecule has 0 aromatic carbocycles. The molecule has 1 amide bonds. The van der Waals surface area contributed by atoms with Crippen LogP contribution in [0.3, 0.4) is 0 Å². The van der Waals surface area contributed by atoms with E-state index in [4.69, 9.17) is 4.99 Å². The van der Waals surface area contributed by atoms with Crippen molar-refractivity contribution in [3.05, 3.63) is 11.6 Å². The third-order valence-electron chi connectivity index (χ3n) is 4.26. The summed E-state index contributed by atoms with van der Waals surface area (Å²) in [4.78, 5) is 20.7. The van der Waals surface area contributed by atoms with Crippen molar-refractivity contribution in [3.8, 4) is 0 Å². The zero-order chi connectivity index (χ0) is 17.1. The van der Waals surface area contributed by atoms with Gasteiger partial charge in [0.15, 0.2) is 5.96 Å². The Labute approximate surface area is 141 Å². The van der Waals surface area contributed by atoms with Crippen molar-refractivity contribution < 1.29 is 4.79 Å². The van der Waals surface area contributed by atoms with E-state index in [-0.39, 0.29) is 5.91 Å². The Hall–Kier alpha value is -1.52. The zero-order valence-electron chi connectivity index (χ0n) is 15.4. The summed E-state index contributed by atoms with van der Waals surface area (Å²) in [5, 5.41) is 3.29. The summed E-state index contributed by atoms with van der Waals surface area (Å²) in [5.41, 5.74) is 1.54. The van der Waals surface area contributed by atoms with E-state index in [1.807, 2.05) is 30.7 Å².